The van der Waals surface area contributed by atoms with Crippen LogP contribution < -0.4 is 20.9 Å². The van der Waals surface area contributed by atoms with Gasteiger partial charge in [-0.25, -0.2) is 9.78 Å². The lowest BCUT2D eigenvalue weighted by atomic mass is 10.2. The summed E-state index contributed by atoms with van der Waals surface area (Å²) in [5.41, 5.74) is 3.40. The number of hydrogen-bond acceptors (Lipinski definition) is 6. The van der Waals surface area contributed by atoms with Gasteiger partial charge >= 0.3 is 6.03 Å². The van der Waals surface area contributed by atoms with Crippen LogP contribution in [0.15, 0.2) is 18.2 Å². The standard InChI is InChI=1S/C20H30N8O2/c1-5-22-20(30)24-18-12-15(26(4)25-18)13-27-8-10-28(11-9-27)17-7-6-16(19(29)21-3)23-14(17)2/h6-7,12H,5,8-11,13H2,1-4H3,(H,21,29)(H2,22,24,25,30). The van der Waals surface area contributed by atoms with Gasteiger partial charge in [0, 0.05) is 59.4 Å². The van der Waals surface area contributed by atoms with Crippen molar-refractivity contribution in [2.24, 2.45) is 7.05 Å². The molecule has 0 unspecified atom stereocenters. The second kappa shape index (κ2) is 9.57. The fourth-order valence-corrected chi connectivity index (χ4v) is 3.55. The molecule has 3 amide bonds. The van der Waals surface area contributed by atoms with Crippen molar-refractivity contribution in [2.75, 3.05) is 50.0 Å². The first-order valence-electron chi connectivity index (χ1n) is 10.2. The zero-order chi connectivity index (χ0) is 21.7. The van der Waals surface area contributed by atoms with Gasteiger partial charge < -0.3 is 15.5 Å². The van der Waals surface area contributed by atoms with Gasteiger partial charge in [0.2, 0.25) is 0 Å². The molecule has 1 aliphatic heterocycles. The number of nitrogens with one attached hydrogen (secondary N) is 3. The van der Waals surface area contributed by atoms with E-state index in [1.807, 2.05) is 33.0 Å². The number of carbonyl (C=O) groups excluding carboxylic acids is 2. The van der Waals surface area contributed by atoms with Crippen LogP contribution in [0.3, 0.4) is 0 Å². The van der Waals surface area contributed by atoms with E-state index in [1.165, 1.54) is 0 Å². The van der Waals surface area contributed by atoms with Crippen molar-refractivity contribution in [1.29, 1.82) is 0 Å². The van der Waals surface area contributed by atoms with E-state index < -0.39 is 0 Å². The molecule has 0 aromatic carbocycles. The SMILES string of the molecule is CCNC(=O)Nc1cc(CN2CCN(c3ccc(C(=O)NC)nc3C)CC2)n(C)n1. The van der Waals surface area contributed by atoms with E-state index in [1.54, 1.807) is 17.8 Å². The number of piperazine rings is 1. The van der Waals surface area contributed by atoms with Crippen LogP contribution in [0.4, 0.5) is 16.3 Å². The smallest absolute Gasteiger partial charge is 0.320 e. The Morgan fingerprint density at radius 1 is 1.17 bits per heavy atom. The first-order valence-corrected chi connectivity index (χ1v) is 10.2. The van der Waals surface area contributed by atoms with Crippen molar-refractivity contribution in [3.05, 3.63) is 35.3 Å². The number of nitrogens with zero attached hydrogens (tertiary/aromatic N) is 5. The number of anilines is 2. The number of carbonyl (C=O) groups is 2. The Bertz CT molecular complexity index is 902. The summed E-state index contributed by atoms with van der Waals surface area (Å²) in [7, 11) is 3.49. The third kappa shape index (κ3) is 5.07. The molecule has 1 aliphatic rings. The van der Waals surface area contributed by atoms with Crippen LogP contribution in [-0.2, 0) is 13.6 Å². The molecule has 162 valence electrons. The second-order valence-electron chi connectivity index (χ2n) is 7.27. The first-order chi connectivity index (χ1) is 14.4. The second-order valence-corrected chi connectivity index (χ2v) is 7.27. The molecular formula is C20H30N8O2. The maximum Gasteiger partial charge on any atom is 0.320 e. The molecule has 1 saturated heterocycles. The number of aryl methyl sites for hydroxylation is 2. The normalized spacial score (nSPS) is 14.5. The molecule has 0 radical (unpaired) electrons. The minimum atomic E-state index is -0.248. The van der Waals surface area contributed by atoms with Crippen LogP contribution in [0.1, 0.15) is 28.8 Å². The van der Waals surface area contributed by atoms with Gasteiger partial charge in [0.1, 0.15) is 5.69 Å². The van der Waals surface area contributed by atoms with Crippen LogP contribution in [0.2, 0.25) is 0 Å². The summed E-state index contributed by atoms with van der Waals surface area (Å²) >= 11 is 0. The third-order valence-electron chi connectivity index (χ3n) is 5.17. The summed E-state index contributed by atoms with van der Waals surface area (Å²) in [4.78, 5) is 32.6. The monoisotopic (exact) mass is 414 g/mol. The molecule has 0 spiro atoms. The summed E-state index contributed by atoms with van der Waals surface area (Å²) in [6.45, 7) is 8.71. The van der Waals surface area contributed by atoms with Gasteiger partial charge in [-0.05, 0) is 26.0 Å². The Balaban J connectivity index is 1.57. The molecule has 0 atom stereocenters. The first kappa shape index (κ1) is 21.6. The van der Waals surface area contributed by atoms with Crippen molar-refractivity contribution < 1.29 is 9.59 Å². The quantitative estimate of drug-likeness (QED) is 0.650. The fraction of sp³-hybridized carbons (Fsp3) is 0.500. The lowest BCUT2D eigenvalue weighted by Crippen LogP contribution is -2.46. The highest BCUT2D eigenvalue weighted by molar-refractivity contribution is 5.92. The van der Waals surface area contributed by atoms with Crippen LogP contribution in [0.5, 0.6) is 0 Å². The van der Waals surface area contributed by atoms with E-state index in [0.717, 1.165) is 49.8 Å². The van der Waals surface area contributed by atoms with Crippen molar-refractivity contribution in [1.82, 2.24) is 30.3 Å². The predicted octanol–water partition coefficient (Wildman–Crippen LogP) is 0.947. The maximum atomic E-state index is 11.8. The summed E-state index contributed by atoms with van der Waals surface area (Å²) < 4.78 is 1.81. The number of rotatable bonds is 6. The van der Waals surface area contributed by atoms with Gasteiger partial charge in [-0.3, -0.25) is 19.7 Å². The zero-order valence-corrected chi connectivity index (χ0v) is 18.0. The molecule has 2 aromatic rings. The van der Waals surface area contributed by atoms with Crippen molar-refractivity contribution in [3.63, 3.8) is 0 Å². The van der Waals surface area contributed by atoms with Gasteiger partial charge in [0.15, 0.2) is 5.82 Å². The van der Waals surface area contributed by atoms with Gasteiger partial charge in [-0.1, -0.05) is 0 Å². The Labute approximate surface area is 176 Å². The van der Waals surface area contributed by atoms with Gasteiger partial charge in [0.05, 0.1) is 17.1 Å². The van der Waals surface area contributed by atoms with Crippen molar-refractivity contribution in [3.8, 4) is 0 Å². The summed E-state index contributed by atoms with van der Waals surface area (Å²) in [6, 6.07) is 5.41. The van der Waals surface area contributed by atoms with Crippen LogP contribution in [-0.4, -0.2) is 71.4 Å². The van der Waals surface area contributed by atoms with E-state index in [9.17, 15) is 9.59 Å². The zero-order valence-electron chi connectivity index (χ0n) is 18.0. The number of urea groups is 1. The Hall–Kier alpha value is -3.14. The Kier molecular flexibility index (Phi) is 6.88. The van der Waals surface area contributed by atoms with E-state index in [-0.39, 0.29) is 11.9 Å². The summed E-state index contributed by atoms with van der Waals surface area (Å²) in [6.07, 6.45) is 0. The topological polar surface area (TPSA) is 107 Å². The lowest BCUT2D eigenvalue weighted by Gasteiger charge is -2.36. The molecule has 10 nitrogen and oxygen atoms in total. The average molecular weight is 415 g/mol. The minimum Gasteiger partial charge on any atom is -0.368 e. The highest BCUT2D eigenvalue weighted by Crippen LogP contribution is 2.21. The molecule has 2 aromatic heterocycles. The van der Waals surface area contributed by atoms with Crippen molar-refractivity contribution in [2.45, 2.75) is 20.4 Å². The molecule has 30 heavy (non-hydrogen) atoms. The van der Waals surface area contributed by atoms with E-state index in [0.29, 0.717) is 18.1 Å². The molecular weight excluding hydrogens is 384 g/mol. The fourth-order valence-electron chi connectivity index (χ4n) is 3.55. The maximum absolute atomic E-state index is 11.8. The molecule has 0 aliphatic carbocycles. The largest absolute Gasteiger partial charge is 0.368 e. The average Bonchev–Trinajstić information content (AvgIpc) is 3.06. The van der Waals surface area contributed by atoms with Crippen molar-refractivity contribution >= 4 is 23.4 Å². The molecule has 10 heteroatoms. The van der Waals surface area contributed by atoms with E-state index in [4.69, 9.17) is 0 Å². The highest BCUT2D eigenvalue weighted by Gasteiger charge is 2.21. The molecule has 3 heterocycles. The van der Waals surface area contributed by atoms with Gasteiger partial charge in [0.25, 0.3) is 5.91 Å². The third-order valence-corrected chi connectivity index (χ3v) is 5.17. The Morgan fingerprint density at radius 2 is 1.90 bits per heavy atom. The molecule has 1 fully saturated rings. The summed E-state index contributed by atoms with van der Waals surface area (Å²) in [5.74, 6) is 0.377. The summed E-state index contributed by atoms with van der Waals surface area (Å²) in [5, 5.41) is 12.4. The molecule has 0 saturated carbocycles. The highest BCUT2D eigenvalue weighted by atomic mass is 16.2. The van der Waals surface area contributed by atoms with Gasteiger partial charge in [-0.2, -0.15) is 5.10 Å². The predicted molar refractivity (Wildman–Crippen MR) is 116 cm³/mol. The van der Waals surface area contributed by atoms with E-state index in [2.05, 4.69) is 35.8 Å². The van der Waals surface area contributed by atoms with Crippen LogP contribution in [0, 0.1) is 6.92 Å². The minimum absolute atomic E-state index is 0.174. The van der Waals surface area contributed by atoms with Crippen LogP contribution >= 0.6 is 0 Å². The molecule has 0 bridgehead atoms. The van der Waals surface area contributed by atoms with Crippen LogP contribution in [0.25, 0.3) is 0 Å². The van der Waals surface area contributed by atoms with E-state index >= 15 is 0 Å². The molecule has 3 rings (SSSR count). The van der Waals surface area contributed by atoms with Gasteiger partial charge in [-0.15, -0.1) is 0 Å². The number of pyridine rings is 1. The Morgan fingerprint density at radius 3 is 2.53 bits per heavy atom. The lowest BCUT2D eigenvalue weighted by molar-refractivity contribution is 0.0958. The molecule has 3 N–H and O–H groups in total. The number of aromatic nitrogens is 3. The number of amides is 3. The number of hydrogen-bond donors (Lipinski definition) is 3.